The van der Waals surface area contributed by atoms with Crippen LogP contribution in [0.5, 0.6) is 0 Å². The van der Waals surface area contributed by atoms with Gasteiger partial charge in [-0.05, 0) is 18.0 Å². The summed E-state index contributed by atoms with van der Waals surface area (Å²) in [6.07, 6.45) is 2.99. The number of sulfonamides is 1. The predicted molar refractivity (Wildman–Crippen MR) is 83.7 cm³/mol. The first-order chi connectivity index (χ1) is 10.0. The Kier molecular flexibility index (Phi) is 5.51. The van der Waals surface area contributed by atoms with Crippen LogP contribution < -0.4 is 5.32 Å². The molecule has 0 unspecified atom stereocenters. The molecular formula is C13H20N4O2S2. The molecule has 8 heteroatoms. The first-order valence-corrected chi connectivity index (χ1v) is 9.08. The van der Waals surface area contributed by atoms with E-state index in [1.165, 1.54) is 10.5 Å². The molecule has 21 heavy (non-hydrogen) atoms. The fourth-order valence-electron chi connectivity index (χ4n) is 1.86. The van der Waals surface area contributed by atoms with E-state index in [9.17, 15) is 8.42 Å². The third kappa shape index (κ3) is 4.13. The summed E-state index contributed by atoms with van der Waals surface area (Å²) in [6.45, 7) is 4.71. The van der Waals surface area contributed by atoms with Gasteiger partial charge in [0.05, 0.1) is 12.7 Å². The number of aromatic nitrogens is 2. The van der Waals surface area contributed by atoms with Crippen molar-refractivity contribution in [1.82, 2.24) is 19.4 Å². The van der Waals surface area contributed by atoms with Crippen molar-refractivity contribution >= 4 is 21.4 Å². The summed E-state index contributed by atoms with van der Waals surface area (Å²) in [7, 11) is -1.90. The average molecular weight is 328 g/mol. The number of thiophene rings is 1. The lowest BCUT2D eigenvalue weighted by Crippen LogP contribution is -2.26. The maximum Gasteiger partial charge on any atom is 0.246 e. The van der Waals surface area contributed by atoms with Crippen LogP contribution in [0, 0.1) is 0 Å². The van der Waals surface area contributed by atoms with E-state index >= 15 is 0 Å². The Morgan fingerprint density at radius 3 is 2.95 bits per heavy atom. The van der Waals surface area contributed by atoms with Crippen molar-refractivity contribution in [3.05, 3.63) is 34.8 Å². The molecule has 0 aliphatic carbocycles. The van der Waals surface area contributed by atoms with E-state index in [2.05, 4.69) is 10.4 Å². The van der Waals surface area contributed by atoms with Gasteiger partial charge in [-0.25, -0.2) is 8.42 Å². The summed E-state index contributed by atoms with van der Waals surface area (Å²) in [5.74, 6) is 0. The zero-order valence-electron chi connectivity index (χ0n) is 12.2. The Bertz CT molecular complexity index is 650. The quantitative estimate of drug-likeness (QED) is 0.743. The molecule has 116 valence electrons. The highest BCUT2D eigenvalue weighted by Crippen LogP contribution is 2.18. The third-order valence-corrected chi connectivity index (χ3v) is 5.66. The summed E-state index contributed by atoms with van der Waals surface area (Å²) < 4.78 is 27.9. The van der Waals surface area contributed by atoms with Gasteiger partial charge >= 0.3 is 0 Å². The van der Waals surface area contributed by atoms with E-state index < -0.39 is 10.0 Å². The van der Waals surface area contributed by atoms with Crippen molar-refractivity contribution < 1.29 is 8.42 Å². The topological polar surface area (TPSA) is 67.2 Å². The zero-order chi connectivity index (χ0) is 15.3. The highest BCUT2D eigenvalue weighted by Gasteiger charge is 2.22. The van der Waals surface area contributed by atoms with Gasteiger partial charge in [-0.3, -0.25) is 4.68 Å². The van der Waals surface area contributed by atoms with Crippen LogP contribution in [0.15, 0.2) is 34.8 Å². The van der Waals surface area contributed by atoms with Gasteiger partial charge in [0.1, 0.15) is 4.90 Å². The largest absolute Gasteiger partial charge is 0.315 e. The Morgan fingerprint density at radius 2 is 2.29 bits per heavy atom. The SMILES string of the molecule is CCNCCn1cc(S(=O)(=O)N(C)Cc2cccs2)cn1. The second-order valence-electron chi connectivity index (χ2n) is 4.63. The van der Waals surface area contributed by atoms with Crippen LogP contribution in [-0.4, -0.2) is 42.6 Å². The van der Waals surface area contributed by atoms with Gasteiger partial charge in [0.15, 0.2) is 0 Å². The van der Waals surface area contributed by atoms with Crippen LogP contribution in [0.4, 0.5) is 0 Å². The number of nitrogens with zero attached hydrogens (tertiary/aromatic N) is 3. The Morgan fingerprint density at radius 1 is 1.48 bits per heavy atom. The fourth-order valence-corrected chi connectivity index (χ4v) is 3.80. The first kappa shape index (κ1) is 16.2. The molecule has 0 aliphatic heterocycles. The van der Waals surface area contributed by atoms with Crippen LogP contribution in [-0.2, 0) is 23.1 Å². The molecule has 0 bridgehead atoms. The summed E-state index contributed by atoms with van der Waals surface area (Å²) in [4.78, 5) is 1.25. The molecule has 0 amide bonds. The highest BCUT2D eigenvalue weighted by atomic mass is 32.2. The van der Waals surface area contributed by atoms with Crippen LogP contribution in [0.3, 0.4) is 0 Å². The number of hydrogen-bond acceptors (Lipinski definition) is 5. The number of likely N-dealkylation sites (N-methyl/N-ethyl adjacent to an activating group) is 1. The van der Waals surface area contributed by atoms with E-state index in [-0.39, 0.29) is 4.90 Å². The molecule has 2 aromatic heterocycles. The zero-order valence-corrected chi connectivity index (χ0v) is 13.8. The predicted octanol–water partition coefficient (Wildman–Crippen LogP) is 1.37. The van der Waals surface area contributed by atoms with Gasteiger partial charge in [0.2, 0.25) is 10.0 Å². The van der Waals surface area contributed by atoms with Crippen LogP contribution >= 0.6 is 11.3 Å². The number of nitrogens with one attached hydrogen (secondary N) is 1. The first-order valence-electron chi connectivity index (χ1n) is 6.76. The van der Waals surface area contributed by atoms with Crippen molar-refractivity contribution in [1.29, 1.82) is 0 Å². The molecule has 0 saturated carbocycles. The number of hydrogen-bond donors (Lipinski definition) is 1. The summed E-state index contributed by atoms with van der Waals surface area (Å²) >= 11 is 1.55. The lowest BCUT2D eigenvalue weighted by atomic mass is 10.5. The molecule has 6 nitrogen and oxygen atoms in total. The molecule has 0 saturated heterocycles. The molecule has 0 fully saturated rings. The maximum atomic E-state index is 12.5. The molecule has 1 N–H and O–H groups in total. The molecular weight excluding hydrogens is 308 g/mol. The van der Waals surface area contributed by atoms with E-state index in [0.29, 0.717) is 13.1 Å². The third-order valence-electron chi connectivity index (χ3n) is 3.04. The standard InChI is InChI=1S/C13H20N4O2S2/c1-3-14-6-7-17-11-13(9-15-17)21(18,19)16(2)10-12-5-4-8-20-12/h4-5,8-9,11,14H,3,6-7,10H2,1-2H3. The smallest absolute Gasteiger partial charge is 0.246 e. The molecule has 0 aliphatic rings. The van der Waals surface area contributed by atoms with Crippen LogP contribution in [0.1, 0.15) is 11.8 Å². The van der Waals surface area contributed by atoms with E-state index in [1.807, 2.05) is 24.4 Å². The molecule has 0 atom stereocenters. The molecule has 2 rings (SSSR count). The van der Waals surface area contributed by atoms with Crippen molar-refractivity contribution in [2.24, 2.45) is 0 Å². The van der Waals surface area contributed by atoms with Gasteiger partial charge in [-0.1, -0.05) is 13.0 Å². The van der Waals surface area contributed by atoms with Gasteiger partial charge in [0, 0.05) is 31.2 Å². The summed E-state index contributed by atoms with van der Waals surface area (Å²) in [6, 6.07) is 3.84. The highest BCUT2D eigenvalue weighted by molar-refractivity contribution is 7.89. The minimum atomic E-state index is -3.49. The van der Waals surface area contributed by atoms with Crippen molar-refractivity contribution in [2.45, 2.75) is 24.9 Å². The van der Waals surface area contributed by atoms with E-state index in [4.69, 9.17) is 0 Å². The monoisotopic (exact) mass is 328 g/mol. The Balaban J connectivity index is 2.04. The molecule has 2 heterocycles. The van der Waals surface area contributed by atoms with Crippen LogP contribution in [0.25, 0.3) is 0 Å². The Labute approximate surface area is 129 Å². The van der Waals surface area contributed by atoms with Gasteiger partial charge in [0.25, 0.3) is 0 Å². The van der Waals surface area contributed by atoms with Crippen molar-refractivity contribution in [2.75, 3.05) is 20.1 Å². The van der Waals surface area contributed by atoms with Gasteiger partial charge in [-0.15, -0.1) is 11.3 Å². The molecule has 2 aromatic rings. The van der Waals surface area contributed by atoms with Crippen molar-refractivity contribution in [3.8, 4) is 0 Å². The number of rotatable bonds is 8. The Hall–Kier alpha value is -1.22. The minimum absolute atomic E-state index is 0.234. The van der Waals surface area contributed by atoms with Crippen molar-refractivity contribution in [3.63, 3.8) is 0 Å². The van der Waals surface area contributed by atoms with Gasteiger partial charge in [-0.2, -0.15) is 9.40 Å². The normalized spacial score (nSPS) is 12.1. The van der Waals surface area contributed by atoms with E-state index in [0.717, 1.165) is 18.0 Å². The lowest BCUT2D eigenvalue weighted by Gasteiger charge is -2.14. The van der Waals surface area contributed by atoms with E-state index in [1.54, 1.807) is 29.3 Å². The fraction of sp³-hybridized carbons (Fsp3) is 0.462. The van der Waals surface area contributed by atoms with Gasteiger partial charge < -0.3 is 5.32 Å². The molecule has 0 radical (unpaired) electrons. The second kappa shape index (κ2) is 7.17. The average Bonchev–Trinajstić information content (AvgIpc) is 3.10. The van der Waals surface area contributed by atoms with Crippen LogP contribution in [0.2, 0.25) is 0 Å². The maximum absolute atomic E-state index is 12.5. The minimum Gasteiger partial charge on any atom is -0.315 e. The second-order valence-corrected chi connectivity index (χ2v) is 7.71. The molecule has 0 spiro atoms. The lowest BCUT2D eigenvalue weighted by molar-refractivity contribution is 0.469. The summed E-state index contributed by atoms with van der Waals surface area (Å²) in [5.41, 5.74) is 0. The molecule has 0 aromatic carbocycles. The summed E-state index contributed by atoms with van der Waals surface area (Å²) in [5, 5.41) is 9.22.